The second-order valence-corrected chi connectivity index (χ2v) is 9.07. The Kier molecular flexibility index (Phi) is 5.79. The summed E-state index contributed by atoms with van der Waals surface area (Å²) in [5.41, 5.74) is -0.0647. The molecule has 5 rings (SSSR count). The molecule has 7 nitrogen and oxygen atoms in total. The number of carbonyl (C=O) groups excluding carboxylic acids is 1. The van der Waals surface area contributed by atoms with Gasteiger partial charge in [-0.3, -0.25) is 4.79 Å². The molecule has 0 spiro atoms. The van der Waals surface area contributed by atoms with Gasteiger partial charge < -0.3 is 20.5 Å². The first kappa shape index (κ1) is 23.3. The first-order valence-corrected chi connectivity index (χ1v) is 11.5. The third-order valence-electron chi connectivity index (χ3n) is 6.68. The van der Waals surface area contributed by atoms with Gasteiger partial charge in [-0.1, -0.05) is 18.2 Å². The molecule has 2 aromatic carbocycles. The van der Waals surface area contributed by atoms with Crippen molar-refractivity contribution in [2.24, 2.45) is 0 Å². The highest BCUT2D eigenvalue weighted by molar-refractivity contribution is 5.95. The predicted octanol–water partition coefficient (Wildman–Crippen LogP) is 4.22. The highest BCUT2D eigenvalue weighted by atomic mass is 19.3. The van der Waals surface area contributed by atoms with Crippen LogP contribution in [0, 0.1) is 12.7 Å². The lowest BCUT2D eigenvalue weighted by atomic mass is 9.82. The van der Waals surface area contributed by atoms with Crippen LogP contribution in [0.25, 0.3) is 10.9 Å². The first-order valence-electron chi connectivity index (χ1n) is 11.5. The number of hydrogen-bond donors (Lipinski definition) is 3. The van der Waals surface area contributed by atoms with Crippen LogP contribution in [0.5, 0.6) is 5.75 Å². The number of nitrogens with zero attached hydrogens (tertiary/aromatic N) is 2. The summed E-state index contributed by atoms with van der Waals surface area (Å²) in [7, 11) is 0. The number of carbonyl (C=O) groups is 1. The number of halogens is 3. The molecule has 35 heavy (non-hydrogen) atoms. The van der Waals surface area contributed by atoms with Crippen LogP contribution in [0.4, 0.5) is 19.0 Å². The molecule has 2 aliphatic heterocycles. The zero-order valence-corrected chi connectivity index (χ0v) is 19.3. The van der Waals surface area contributed by atoms with Gasteiger partial charge in [0.2, 0.25) is 5.91 Å². The largest absolute Gasteiger partial charge is 0.492 e. The number of rotatable bonds is 5. The molecule has 1 fully saturated rings. The monoisotopic (exact) mass is 486 g/mol. The third-order valence-corrected chi connectivity index (χ3v) is 6.68. The quantitative estimate of drug-likeness (QED) is 0.500. The number of fused-ring (bicyclic) bond motifs is 3. The predicted molar refractivity (Wildman–Crippen MR) is 123 cm³/mol. The normalized spacial score (nSPS) is 20.5. The van der Waals surface area contributed by atoms with Crippen molar-refractivity contribution < 1.29 is 27.8 Å². The number of nitrogens with one attached hydrogen (secondary N) is 2. The average molecular weight is 486 g/mol. The van der Waals surface area contributed by atoms with Crippen LogP contribution in [0.2, 0.25) is 0 Å². The van der Waals surface area contributed by atoms with Gasteiger partial charge in [0.05, 0.1) is 30.1 Å². The maximum absolute atomic E-state index is 14.8. The Balaban J connectivity index is 1.63. The van der Waals surface area contributed by atoms with E-state index in [0.717, 1.165) is 11.6 Å². The molecule has 184 valence electrons. The van der Waals surface area contributed by atoms with Gasteiger partial charge in [-0.05, 0) is 26.3 Å². The molecule has 2 aliphatic rings. The Morgan fingerprint density at radius 1 is 1.26 bits per heavy atom. The van der Waals surface area contributed by atoms with Crippen LogP contribution < -0.4 is 15.4 Å². The Morgan fingerprint density at radius 2 is 2.03 bits per heavy atom. The van der Waals surface area contributed by atoms with Gasteiger partial charge >= 0.3 is 0 Å². The van der Waals surface area contributed by atoms with E-state index in [2.05, 4.69) is 20.6 Å². The minimum atomic E-state index is -2.93. The van der Waals surface area contributed by atoms with Crippen molar-refractivity contribution in [2.45, 2.75) is 51.2 Å². The number of amides is 1. The Morgan fingerprint density at radius 3 is 2.77 bits per heavy atom. The molecule has 1 unspecified atom stereocenters. The molecule has 1 amide bonds. The fourth-order valence-electron chi connectivity index (χ4n) is 4.94. The molecule has 0 saturated carbocycles. The van der Waals surface area contributed by atoms with Crippen molar-refractivity contribution in [1.29, 1.82) is 0 Å². The maximum atomic E-state index is 14.8. The maximum Gasteiger partial charge on any atom is 0.266 e. The molecule has 0 radical (unpaired) electrons. The third kappa shape index (κ3) is 4.05. The van der Waals surface area contributed by atoms with Crippen LogP contribution >= 0.6 is 0 Å². The molecule has 3 aromatic rings. The van der Waals surface area contributed by atoms with E-state index in [1.807, 2.05) is 0 Å². The number of aromatic nitrogens is 2. The van der Waals surface area contributed by atoms with Gasteiger partial charge in [0.1, 0.15) is 28.8 Å². The number of hydrogen-bond acceptors (Lipinski definition) is 6. The lowest BCUT2D eigenvalue weighted by Crippen LogP contribution is -2.43. The zero-order chi connectivity index (χ0) is 24.9. The summed E-state index contributed by atoms with van der Waals surface area (Å²) < 4.78 is 47.1. The topological polar surface area (TPSA) is 96.4 Å². The van der Waals surface area contributed by atoms with E-state index >= 15 is 0 Å². The summed E-state index contributed by atoms with van der Waals surface area (Å²) in [4.78, 5) is 21.2. The van der Waals surface area contributed by atoms with Gasteiger partial charge in [0.15, 0.2) is 0 Å². The minimum Gasteiger partial charge on any atom is -0.492 e. The number of aliphatic hydroxyl groups is 1. The SMILES string of the molecule is Cc1nc(NC(C)c2cccc(C(F)F)c2F)c2cc([C@]3(O)CCNC(=O)C3)c3c(c2n1)CCO3. The van der Waals surface area contributed by atoms with E-state index in [4.69, 9.17) is 4.74 Å². The van der Waals surface area contributed by atoms with Gasteiger partial charge in [0, 0.05) is 35.0 Å². The summed E-state index contributed by atoms with van der Waals surface area (Å²) in [6.07, 6.45) is -2.15. The van der Waals surface area contributed by atoms with Gasteiger partial charge in [0.25, 0.3) is 6.43 Å². The van der Waals surface area contributed by atoms with Gasteiger partial charge in [-0.15, -0.1) is 0 Å². The van der Waals surface area contributed by atoms with E-state index in [0.29, 0.717) is 59.9 Å². The molecule has 0 aliphatic carbocycles. The van der Waals surface area contributed by atoms with E-state index in [9.17, 15) is 23.1 Å². The Bertz CT molecular complexity index is 1330. The van der Waals surface area contributed by atoms with E-state index in [1.165, 1.54) is 12.1 Å². The number of anilines is 1. The van der Waals surface area contributed by atoms with E-state index < -0.39 is 29.4 Å². The fraction of sp³-hybridized carbons (Fsp3) is 0.400. The fourth-order valence-corrected chi connectivity index (χ4v) is 4.94. The van der Waals surface area contributed by atoms with Gasteiger partial charge in [-0.2, -0.15) is 0 Å². The van der Waals surface area contributed by atoms with E-state index in [1.54, 1.807) is 19.9 Å². The summed E-state index contributed by atoms with van der Waals surface area (Å²) in [5.74, 6) is 0.151. The zero-order valence-electron chi connectivity index (χ0n) is 19.3. The molecule has 2 atom stereocenters. The lowest BCUT2D eigenvalue weighted by molar-refractivity contribution is -0.130. The molecule has 1 saturated heterocycles. The number of alkyl halides is 2. The van der Waals surface area contributed by atoms with Crippen LogP contribution in [-0.4, -0.2) is 34.1 Å². The minimum absolute atomic E-state index is 0.0829. The summed E-state index contributed by atoms with van der Waals surface area (Å²) >= 11 is 0. The lowest BCUT2D eigenvalue weighted by Gasteiger charge is -2.33. The van der Waals surface area contributed by atoms with Crippen LogP contribution in [-0.2, 0) is 16.8 Å². The number of ether oxygens (including phenoxy) is 1. The Labute approximate surface area is 199 Å². The standard InChI is InChI=1S/C25H25F3N4O3/c1-12(14-4-3-5-15(20(14)26)23(27)28)30-24-17-10-18(25(34)7-8-29-19(33)11-25)22-16(6-9-35-22)21(17)31-13(2)32-24/h3-5,10,12,23,34H,6-9,11H2,1-2H3,(H,29,33)(H,30,31,32)/t12?,25-/m0/s1. The number of benzene rings is 2. The summed E-state index contributed by atoms with van der Waals surface area (Å²) in [6, 6.07) is 4.95. The molecule has 3 N–H and O–H groups in total. The second kappa shape index (κ2) is 8.67. The molecular weight excluding hydrogens is 461 g/mol. The number of piperidine rings is 1. The molecular formula is C25H25F3N4O3. The molecule has 1 aromatic heterocycles. The Hall–Kier alpha value is -3.40. The first-order chi connectivity index (χ1) is 16.7. The van der Waals surface area contributed by atoms with Crippen molar-refractivity contribution in [1.82, 2.24) is 15.3 Å². The van der Waals surface area contributed by atoms with Crippen molar-refractivity contribution in [2.75, 3.05) is 18.5 Å². The molecule has 10 heteroatoms. The van der Waals surface area contributed by atoms with E-state index in [-0.39, 0.29) is 17.9 Å². The van der Waals surface area contributed by atoms with Crippen molar-refractivity contribution in [3.8, 4) is 5.75 Å². The van der Waals surface area contributed by atoms with Crippen molar-refractivity contribution in [3.63, 3.8) is 0 Å². The summed E-state index contributed by atoms with van der Waals surface area (Å²) in [5, 5.41) is 17.9. The van der Waals surface area contributed by atoms with Crippen LogP contribution in [0.15, 0.2) is 24.3 Å². The van der Waals surface area contributed by atoms with Crippen molar-refractivity contribution in [3.05, 3.63) is 58.2 Å². The molecule has 0 bridgehead atoms. The summed E-state index contributed by atoms with van der Waals surface area (Å²) in [6.45, 7) is 4.13. The molecule has 3 heterocycles. The average Bonchev–Trinajstić information content (AvgIpc) is 3.28. The highest BCUT2D eigenvalue weighted by Gasteiger charge is 2.40. The second-order valence-electron chi connectivity index (χ2n) is 9.07. The van der Waals surface area contributed by atoms with Crippen LogP contribution in [0.1, 0.15) is 60.3 Å². The smallest absolute Gasteiger partial charge is 0.266 e. The number of aryl methyl sites for hydroxylation is 1. The highest BCUT2D eigenvalue weighted by Crippen LogP contribution is 2.45. The van der Waals surface area contributed by atoms with Gasteiger partial charge in [-0.25, -0.2) is 23.1 Å². The van der Waals surface area contributed by atoms with Crippen molar-refractivity contribution >= 4 is 22.6 Å². The van der Waals surface area contributed by atoms with Crippen LogP contribution in [0.3, 0.4) is 0 Å².